The molecule has 278 valence electrons. The van der Waals surface area contributed by atoms with E-state index in [0.29, 0.717) is 22.7 Å². The number of carbonyl (C=O) groups is 8. The number of nitrogens with two attached hydrogens (primary N) is 1. The van der Waals surface area contributed by atoms with Gasteiger partial charge < -0.3 is 37.0 Å². The quantitative estimate of drug-likeness (QED) is 0.0966. The average Bonchev–Trinajstić information content (AvgIpc) is 3.38. The molecule has 0 fully saturated rings. The first kappa shape index (κ1) is 41.7. The molecule has 2 aromatic rings. The molecule has 18 nitrogen and oxygen atoms in total. The molecule has 21 heteroatoms. The lowest BCUT2D eigenvalue weighted by Crippen LogP contribution is -2.37. The number of hydrogen-bond acceptors (Lipinski definition) is 11. The summed E-state index contributed by atoms with van der Waals surface area (Å²) < 4.78 is 31.7. The number of halogens is 3. The molecule has 1 aliphatic rings. The van der Waals surface area contributed by atoms with Gasteiger partial charge in [0.1, 0.15) is 12.6 Å². The number of hydrogen-bond donors (Lipinski definition) is 7. The molecular formula is C31H32F3N7O11. The second-order valence-corrected chi connectivity index (χ2v) is 10.7. The molecular weight excluding hydrogens is 703 g/mol. The van der Waals surface area contributed by atoms with Gasteiger partial charge in [-0.2, -0.15) is 23.4 Å². The molecule has 0 saturated heterocycles. The maximum Gasteiger partial charge on any atom is 0.490 e. The van der Waals surface area contributed by atoms with Crippen LogP contribution in [0.1, 0.15) is 25.7 Å². The lowest BCUT2D eigenvalue weighted by atomic mass is 9.94. The lowest BCUT2D eigenvalue weighted by Gasteiger charge is -2.14. The Morgan fingerprint density at radius 2 is 1.21 bits per heavy atom. The summed E-state index contributed by atoms with van der Waals surface area (Å²) in [4.78, 5) is 91.4. The van der Waals surface area contributed by atoms with Crippen LogP contribution in [0.2, 0.25) is 0 Å². The summed E-state index contributed by atoms with van der Waals surface area (Å²) in [5.41, 5.74) is 7.24. The van der Waals surface area contributed by atoms with Gasteiger partial charge in [0.15, 0.2) is 0 Å². The molecule has 2 aromatic carbocycles. The summed E-state index contributed by atoms with van der Waals surface area (Å²) in [6.07, 6.45) is -2.94. The molecule has 0 unspecified atom stereocenters. The molecule has 0 spiro atoms. The highest BCUT2D eigenvalue weighted by Crippen LogP contribution is 2.22. The van der Waals surface area contributed by atoms with E-state index < -0.39 is 72.1 Å². The molecule has 52 heavy (non-hydrogen) atoms. The standard InChI is InChI=1S/C29H31N7O9.C2HF3O2/c30-22(29(44)45)14-17(28(42)43)2-1-3-23(37)31-15-24(38)32-18-4-8-20(9-5-18)34-35-21-10-6-19(7-11-21)33-25(39)16-36-26(40)12-13-27(36)41;3-2(4,5)1(6)7/h4-13,17,22H,1-3,14-16,30H2,(H,31,37)(H,32,38)(H,33,39)(H,42,43)(H,44,45);(H,6,7)/t17-,22+;/m1./s1. The third-order valence-corrected chi connectivity index (χ3v) is 6.64. The highest BCUT2D eigenvalue weighted by molar-refractivity contribution is 6.15. The van der Waals surface area contributed by atoms with E-state index in [9.17, 15) is 51.8 Å². The number of benzene rings is 2. The Balaban J connectivity index is 0.00000121. The number of alkyl halides is 3. The van der Waals surface area contributed by atoms with Crippen LogP contribution < -0.4 is 21.7 Å². The molecule has 0 saturated carbocycles. The number of azo groups is 1. The van der Waals surface area contributed by atoms with Gasteiger partial charge in [-0.25, -0.2) is 4.79 Å². The van der Waals surface area contributed by atoms with E-state index in [0.717, 1.165) is 17.1 Å². The van der Waals surface area contributed by atoms with Crippen molar-refractivity contribution in [3.05, 3.63) is 60.7 Å². The first-order valence-electron chi connectivity index (χ1n) is 14.9. The number of nitrogens with one attached hydrogen (secondary N) is 3. The fourth-order valence-corrected chi connectivity index (χ4v) is 4.00. The summed E-state index contributed by atoms with van der Waals surface area (Å²) in [7, 11) is 0. The van der Waals surface area contributed by atoms with E-state index in [1.54, 1.807) is 48.5 Å². The minimum Gasteiger partial charge on any atom is -0.481 e. The molecule has 1 heterocycles. The van der Waals surface area contributed by atoms with E-state index in [4.69, 9.17) is 20.7 Å². The van der Waals surface area contributed by atoms with Gasteiger partial charge in [-0.15, -0.1) is 0 Å². The molecule has 0 aromatic heterocycles. The van der Waals surface area contributed by atoms with Gasteiger partial charge in [-0.3, -0.25) is 38.5 Å². The van der Waals surface area contributed by atoms with Crippen molar-refractivity contribution in [3.63, 3.8) is 0 Å². The second-order valence-electron chi connectivity index (χ2n) is 10.7. The van der Waals surface area contributed by atoms with Crippen LogP contribution in [0.15, 0.2) is 70.9 Å². The Labute approximate surface area is 291 Å². The van der Waals surface area contributed by atoms with Gasteiger partial charge in [0, 0.05) is 29.9 Å². The van der Waals surface area contributed by atoms with Crippen LogP contribution in [0, 0.1) is 5.92 Å². The first-order chi connectivity index (χ1) is 24.3. The molecule has 3 rings (SSSR count). The number of amides is 5. The number of aliphatic carboxylic acids is 3. The molecule has 8 N–H and O–H groups in total. The maximum absolute atomic E-state index is 12.2. The van der Waals surface area contributed by atoms with Crippen molar-refractivity contribution in [1.29, 1.82) is 0 Å². The van der Waals surface area contributed by atoms with E-state index in [-0.39, 0.29) is 32.2 Å². The highest BCUT2D eigenvalue weighted by Gasteiger charge is 2.38. The van der Waals surface area contributed by atoms with Crippen molar-refractivity contribution in [2.45, 2.75) is 37.9 Å². The van der Waals surface area contributed by atoms with Crippen LogP contribution >= 0.6 is 0 Å². The van der Waals surface area contributed by atoms with Gasteiger partial charge in [0.05, 0.1) is 23.8 Å². The van der Waals surface area contributed by atoms with Crippen LogP contribution in [0.5, 0.6) is 0 Å². The molecule has 2 atom stereocenters. The van der Waals surface area contributed by atoms with Crippen molar-refractivity contribution in [2.24, 2.45) is 21.9 Å². The molecule has 0 radical (unpaired) electrons. The molecule has 0 bridgehead atoms. The van der Waals surface area contributed by atoms with Gasteiger partial charge in [-0.1, -0.05) is 0 Å². The Hall–Kier alpha value is -6.51. The van der Waals surface area contributed by atoms with E-state index in [2.05, 4.69) is 26.2 Å². The first-order valence-corrected chi connectivity index (χ1v) is 14.9. The zero-order valence-electron chi connectivity index (χ0n) is 26.8. The topological polar surface area (TPSA) is 287 Å². The zero-order chi connectivity index (χ0) is 39.0. The SMILES string of the molecule is N[C@@H](C[C@@H](CCCC(=O)NCC(=O)Nc1ccc(N=Nc2ccc(NC(=O)CN3C(=O)C=CC3=O)cc2)cc1)C(=O)O)C(=O)O.O=C(O)C(F)(F)F. The summed E-state index contributed by atoms with van der Waals surface area (Å²) >= 11 is 0. The van der Waals surface area contributed by atoms with Gasteiger partial charge in [0.25, 0.3) is 11.8 Å². The number of carboxylic acid groups (broad SMARTS) is 3. The van der Waals surface area contributed by atoms with E-state index in [1.807, 2.05) is 0 Å². The van der Waals surface area contributed by atoms with Crippen molar-refractivity contribution < 1.29 is 66.8 Å². The van der Waals surface area contributed by atoms with Crippen molar-refractivity contribution in [1.82, 2.24) is 10.2 Å². The Kier molecular flexibility index (Phi) is 15.7. The monoisotopic (exact) mass is 735 g/mol. The summed E-state index contributed by atoms with van der Waals surface area (Å²) in [6, 6.07) is 11.5. The van der Waals surface area contributed by atoms with E-state index >= 15 is 0 Å². The zero-order valence-corrected chi connectivity index (χ0v) is 26.8. The fourth-order valence-electron chi connectivity index (χ4n) is 4.00. The highest BCUT2D eigenvalue weighted by atomic mass is 19.4. The number of nitrogens with zero attached hydrogens (tertiary/aromatic N) is 3. The Morgan fingerprint density at radius 3 is 1.63 bits per heavy atom. The smallest absolute Gasteiger partial charge is 0.481 e. The normalized spacial score (nSPS) is 13.5. The number of anilines is 2. The van der Waals surface area contributed by atoms with Gasteiger partial charge in [0.2, 0.25) is 17.7 Å². The minimum absolute atomic E-state index is 0.0442. The third-order valence-electron chi connectivity index (χ3n) is 6.64. The van der Waals surface area contributed by atoms with Gasteiger partial charge >= 0.3 is 24.1 Å². The minimum atomic E-state index is -5.08. The van der Waals surface area contributed by atoms with Crippen LogP contribution in [0.3, 0.4) is 0 Å². The lowest BCUT2D eigenvalue weighted by molar-refractivity contribution is -0.192. The second kappa shape index (κ2) is 19.6. The van der Waals surface area contributed by atoms with Crippen molar-refractivity contribution in [3.8, 4) is 0 Å². The number of rotatable bonds is 16. The van der Waals surface area contributed by atoms with Crippen LogP contribution in [-0.2, 0) is 38.4 Å². The molecule has 1 aliphatic heterocycles. The van der Waals surface area contributed by atoms with Crippen LogP contribution in [0.4, 0.5) is 35.9 Å². The fraction of sp³-hybridized carbons (Fsp3) is 0.290. The number of carboxylic acids is 3. The Bertz CT molecular complexity index is 1700. The van der Waals surface area contributed by atoms with Crippen LogP contribution in [-0.4, -0.2) is 93.0 Å². The predicted octanol–water partition coefficient (Wildman–Crippen LogP) is 2.33. The Morgan fingerprint density at radius 1 is 0.750 bits per heavy atom. The summed E-state index contributed by atoms with van der Waals surface area (Å²) in [5.74, 6) is -8.83. The van der Waals surface area contributed by atoms with E-state index in [1.165, 1.54) is 0 Å². The van der Waals surface area contributed by atoms with Crippen molar-refractivity contribution >= 4 is 70.2 Å². The number of imide groups is 1. The van der Waals surface area contributed by atoms with Crippen molar-refractivity contribution in [2.75, 3.05) is 23.7 Å². The summed E-state index contributed by atoms with van der Waals surface area (Å²) in [6.45, 7) is -0.711. The van der Waals surface area contributed by atoms with Crippen LogP contribution in [0.25, 0.3) is 0 Å². The predicted molar refractivity (Wildman–Crippen MR) is 172 cm³/mol. The molecule has 5 amide bonds. The summed E-state index contributed by atoms with van der Waals surface area (Å²) in [5, 5.41) is 41.1. The number of carbonyl (C=O) groups excluding carboxylic acids is 5. The molecule has 0 aliphatic carbocycles. The third kappa shape index (κ3) is 14.9. The van der Waals surface area contributed by atoms with Gasteiger partial charge in [-0.05, 0) is 67.8 Å². The largest absolute Gasteiger partial charge is 0.490 e. The maximum atomic E-state index is 12.2. The average molecular weight is 736 g/mol.